The van der Waals surface area contributed by atoms with E-state index in [1.54, 1.807) is 24.3 Å². The summed E-state index contributed by atoms with van der Waals surface area (Å²) in [4.78, 5) is 4.27. The van der Waals surface area contributed by atoms with Crippen LogP contribution in [-0.2, 0) is 0 Å². The second-order valence-electron chi connectivity index (χ2n) is 3.90. The van der Waals surface area contributed by atoms with Crippen molar-refractivity contribution in [2.45, 2.75) is 6.92 Å². The molecule has 0 spiro atoms. The molecule has 1 heterocycles. The molecule has 0 aliphatic rings. The van der Waals surface area contributed by atoms with E-state index >= 15 is 0 Å². The van der Waals surface area contributed by atoms with Gasteiger partial charge in [-0.3, -0.25) is 0 Å². The van der Waals surface area contributed by atoms with Crippen LogP contribution in [0.2, 0.25) is 0 Å². The van der Waals surface area contributed by atoms with E-state index in [1.807, 2.05) is 12.3 Å². The fourth-order valence-corrected chi connectivity index (χ4v) is 2.35. The number of hydrogen-bond donors (Lipinski definition) is 1. The van der Waals surface area contributed by atoms with Crippen molar-refractivity contribution < 1.29 is 9.84 Å². The Kier molecular flexibility index (Phi) is 3.83. The van der Waals surface area contributed by atoms with Gasteiger partial charge in [-0.25, -0.2) is 4.98 Å². The number of rotatable bonds is 3. The highest BCUT2D eigenvalue weighted by Crippen LogP contribution is 2.28. The number of allylic oxidation sites excluding steroid dienone is 1. The van der Waals surface area contributed by atoms with Gasteiger partial charge in [-0.15, -0.1) is 11.3 Å². The summed E-state index contributed by atoms with van der Waals surface area (Å²) in [5.41, 5.74) is 2.09. The number of phenolic OH excluding ortho intramolecular Hbond substituents is 1. The maximum absolute atomic E-state index is 9.70. The molecular formula is C14H12N2O2S. The lowest BCUT2D eigenvalue weighted by Gasteiger charge is -2.03. The largest absolute Gasteiger partial charge is 0.504 e. The van der Waals surface area contributed by atoms with E-state index in [1.165, 1.54) is 18.4 Å². The molecule has 96 valence electrons. The lowest BCUT2D eigenvalue weighted by molar-refractivity contribution is 0.373. The van der Waals surface area contributed by atoms with Crippen LogP contribution >= 0.6 is 11.3 Å². The molecule has 0 radical (unpaired) electrons. The second kappa shape index (κ2) is 5.55. The predicted molar refractivity (Wildman–Crippen MR) is 75.0 cm³/mol. The van der Waals surface area contributed by atoms with Crippen LogP contribution in [0.25, 0.3) is 11.6 Å². The molecule has 2 aromatic rings. The minimum absolute atomic E-state index is 0.0452. The molecule has 0 amide bonds. The van der Waals surface area contributed by atoms with Crippen molar-refractivity contribution in [3.05, 3.63) is 39.8 Å². The first kappa shape index (κ1) is 13.1. The van der Waals surface area contributed by atoms with Gasteiger partial charge in [0.05, 0.1) is 12.7 Å². The number of thiazole rings is 1. The smallest absolute Gasteiger partial charge is 0.160 e. The van der Waals surface area contributed by atoms with Crippen LogP contribution in [0.15, 0.2) is 23.6 Å². The van der Waals surface area contributed by atoms with Crippen LogP contribution in [0, 0.1) is 18.3 Å². The summed E-state index contributed by atoms with van der Waals surface area (Å²) in [6.07, 6.45) is 1.69. The average Bonchev–Trinajstić information content (AvgIpc) is 2.82. The summed E-state index contributed by atoms with van der Waals surface area (Å²) >= 11 is 1.42. The van der Waals surface area contributed by atoms with E-state index in [9.17, 15) is 10.4 Å². The topological polar surface area (TPSA) is 66.1 Å². The monoisotopic (exact) mass is 272 g/mol. The first-order valence-electron chi connectivity index (χ1n) is 5.55. The second-order valence-corrected chi connectivity index (χ2v) is 4.75. The van der Waals surface area contributed by atoms with Gasteiger partial charge in [-0.05, 0) is 30.7 Å². The van der Waals surface area contributed by atoms with Crippen LogP contribution in [0.3, 0.4) is 0 Å². The molecule has 0 saturated heterocycles. The Morgan fingerprint density at radius 1 is 1.53 bits per heavy atom. The number of aromatic hydroxyl groups is 1. The van der Waals surface area contributed by atoms with Crippen molar-refractivity contribution in [2.75, 3.05) is 7.11 Å². The van der Waals surface area contributed by atoms with Gasteiger partial charge in [-0.2, -0.15) is 5.26 Å². The first-order valence-corrected chi connectivity index (χ1v) is 6.43. The zero-order valence-electron chi connectivity index (χ0n) is 10.5. The number of hydrogen-bond acceptors (Lipinski definition) is 5. The Bertz CT molecular complexity index is 668. The molecule has 1 N–H and O–H groups in total. The summed E-state index contributed by atoms with van der Waals surface area (Å²) in [6.45, 7) is 1.88. The van der Waals surface area contributed by atoms with E-state index in [4.69, 9.17) is 4.74 Å². The van der Waals surface area contributed by atoms with Crippen LogP contribution < -0.4 is 4.74 Å². The molecule has 0 bridgehead atoms. The minimum Gasteiger partial charge on any atom is -0.504 e. The normalized spacial score (nSPS) is 11.1. The van der Waals surface area contributed by atoms with Gasteiger partial charge in [0.25, 0.3) is 0 Å². The third kappa shape index (κ3) is 2.92. The van der Waals surface area contributed by atoms with Gasteiger partial charge >= 0.3 is 0 Å². The van der Waals surface area contributed by atoms with Gasteiger partial charge in [0.15, 0.2) is 11.5 Å². The Labute approximate surface area is 115 Å². The zero-order chi connectivity index (χ0) is 13.8. The molecule has 1 aromatic heterocycles. The SMILES string of the molecule is COc1ccc(/C=C(/C#N)c2nc(C)cs2)cc1O. The summed E-state index contributed by atoms with van der Waals surface area (Å²) in [5, 5.41) is 21.5. The summed E-state index contributed by atoms with van der Waals surface area (Å²) < 4.78 is 4.97. The molecule has 0 aliphatic heterocycles. The fraction of sp³-hybridized carbons (Fsp3) is 0.143. The summed E-state index contributed by atoms with van der Waals surface area (Å²) in [5.74, 6) is 0.449. The van der Waals surface area contributed by atoms with E-state index in [0.29, 0.717) is 16.3 Å². The van der Waals surface area contributed by atoms with Crippen LogP contribution in [0.5, 0.6) is 11.5 Å². The lowest BCUT2D eigenvalue weighted by Crippen LogP contribution is -1.85. The number of ether oxygens (including phenoxy) is 1. The van der Waals surface area contributed by atoms with Crippen LogP contribution in [0.4, 0.5) is 0 Å². The molecule has 0 fully saturated rings. The molecule has 0 aliphatic carbocycles. The van der Waals surface area contributed by atoms with Gasteiger partial charge in [0.1, 0.15) is 11.1 Å². The highest BCUT2D eigenvalue weighted by Gasteiger charge is 2.07. The van der Waals surface area contributed by atoms with E-state index < -0.39 is 0 Å². The van der Waals surface area contributed by atoms with Gasteiger partial charge in [0, 0.05) is 11.1 Å². The molecule has 1 aromatic carbocycles. The maximum Gasteiger partial charge on any atom is 0.160 e. The number of aryl methyl sites for hydroxylation is 1. The van der Waals surface area contributed by atoms with E-state index in [2.05, 4.69) is 11.1 Å². The zero-order valence-corrected chi connectivity index (χ0v) is 11.4. The Morgan fingerprint density at radius 3 is 2.84 bits per heavy atom. The van der Waals surface area contributed by atoms with Crippen molar-refractivity contribution in [1.29, 1.82) is 5.26 Å². The summed E-state index contributed by atoms with van der Waals surface area (Å²) in [6, 6.07) is 7.11. The van der Waals surface area contributed by atoms with Crippen LogP contribution in [-0.4, -0.2) is 17.2 Å². The molecule has 0 atom stereocenters. The third-order valence-electron chi connectivity index (χ3n) is 2.48. The molecule has 0 saturated carbocycles. The number of benzene rings is 1. The molecule has 0 unspecified atom stereocenters. The Balaban J connectivity index is 2.39. The molecule has 5 heteroatoms. The highest BCUT2D eigenvalue weighted by atomic mass is 32.1. The Hall–Kier alpha value is -2.32. The molecular weight excluding hydrogens is 260 g/mol. The third-order valence-corrected chi connectivity index (χ3v) is 3.48. The van der Waals surface area contributed by atoms with Crippen molar-refractivity contribution in [3.8, 4) is 17.6 Å². The van der Waals surface area contributed by atoms with E-state index in [0.717, 1.165) is 11.3 Å². The summed E-state index contributed by atoms with van der Waals surface area (Å²) in [7, 11) is 1.49. The molecule has 19 heavy (non-hydrogen) atoms. The highest BCUT2D eigenvalue weighted by molar-refractivity contribution is 7.11. The van der Waals surface area contributed by atoms with Crippen molar-refractivity contribution in [2.24, 2.45) is 0 Å². The standard InChI is InChI=1S/C14H12N2O2S/c1-9-8-19-14(16-9)11(7-15)5-10-3-4-13(18-2)12(17)6-10/h3-6,8,17H,1-2H3/b11-5-. The quantitative estimate of drug-likeness (QED) is 0.871. The van der Waals surface area contributed by atoms with Crippen molar-refractivity contribution in [3.63, 3.8) is 0 Å². The minimum atomic E-state index is 0.0452. The van der Waals surface area contributed by atoms with Gasteiger partial charge in [0.2, 0.25) is 0 Å². The predicted octanol–water partition coefficient (Wildman–Crippen LogP) is 3.23. The number of nitrogens with zero attached hydrogens (tertiary/aromatic N) is 2. The maximum atomic E-state index is 9.70. The molecule has 4 nitrogen and oxygen atoms in total. The number of nitriles is 1. The average molecular weight is 272 g/mol. The Morgan fingerprint density at radius 2 is 2.32 bits per heavy atom. The van der Waals surface area contributed by atoms with Crippen molar-refractivity contribution >= 4 is 23.0 Å². The van der Waals surface area contributed by atoms with Crippen LogP contribution in [0.1, 0.15) is 16.3 Å². The van der Waals surface area contributed by atoms with Gasteiger partial charge in [-0.1, -0.05) is 6.07 Å². The fourth-order valence-electron chi connectivity index (χ4n) is 1.58. The first-order chi connectivity index (χ1) is 9.13. The number of methoxy groups -OCH3 is 1. The number of phenols is 1. The molecule has 2 rings (SSSR count). The van der Waals surface area contributed by atoms with Crippen molar-refractivity contribution in [1.82, 2.24) is 4.98 Å². The van der Waals surface area contributed by atoms with Gasteiger partial charge < -0.3 is 9.84 Å². The lowest BCUT2D eigenvalue weighted by atomic mass is 10.1. The number of aromatic nitrogens is 1. The van der Waals surface area contributed by atoms with E-state index in [-0.39, 0.29) is 5.75 Å².